The van der Waals surface area contributed by atoms with Gasteiger partial charge in [-0.25, -0.2) is 4.98 Å². The molecular weight excluding hydrogens is 553 g/mol. The van der Waals surface area contributed by atoms with Gasteiger partial charge in [0.25, 0.3) is 0 Å². The zero-order chi connectivity index (χ0) is 27.6. The summed E-state index contributed by atoms with van der Waals surface area (Å²) in [5, 5.41) is 5.90. The molecule has 0 spiro atoms. The van der Waals surface area contributed by atoms with Crippen LogP contribution in [0.1, 0.15) is 0 Å². The van der Waals surface area contributed by atoms with Crippen molar-refractivity contribution in [3.63, 3.8) is 0 Å². The quantitative estimate of drug-likeness (QED) is 0.209. The van der Waals surface area contributed by atoms with Gasteiger partial charge in [0.1, 0.15) is 16.2 Å². The van der Waals surface area contributed by atoms with Gasteiger partial charge in [-0.3, -0.25) is 0 Å². The molecule has 0 radical (unpaired) electrons. The SMILES string of the molecule is c1ccc(-c2nc3ccc4sc5cc(N(c6ccccc6)c6ccc7c(c6)oc6ccccc67)ccc5c4c3s2)cc1. The normalized spacial score (nSPS) is 11.8. The molecule has 9 aromatic rings. The fourth-order valence-electron chi connectivity index (χ4n) is 5.96. The van der Waals surface area contributed by atoms with Crippen LogP contribution >= 0.6 is 22.7 Å². The van der Waals surface area contributed by atoms with Crippen LogP contribution in [0.3, 0.4) is 0 Å². The molecule has 0 N–H and O–H groups in total. The molecule has 6 aromatic carbocycles. The molecule has 5 heteroatoms. The van der Waals surface area contributed by atoms with Crippen molar-refractivity contribution in [3.05, 3.63) is 133 Å². The minimum absolute atomic E-state index is 0.888. The third-order valence-electron chi connectivity index (χ3n) is 7.89. The van der Waals surface area contributed by atoms with E-state index in [4.69, 9.17) is 9.40 Å². The number of thiophene rings is 1. The Morgan fingerprint density at radius 1 is 0.524 bits per heavy atom. The number of benzene rings is 6. The molecular formula is C37H22N2OS2. The number of fused-ring (bicyclic) bond motifs is 8. The van der Waals surface area contributed by atoms with Crippen molar-refractivity contribution in [1.29, 1.82) is 0 Å². The summed E-state index contributed by atoms with van der Waals surface area (Å²) in [5.74, 6) is 0. The summed E-state index contributed by atoms with van der Waals surface area (Å²) in [4.78, 5) is 7.30. The Hall–Kier alpha value is -4.97. The van der Waals surface area contributed by atoms with Crippen LogP contribution in [0.2, 0.25) is 0 Å². The summed E-state index contributed by atoms with van der Waals surface area (Å²) in [7, 11) is 0. The molecule has 3 heterocycles. The summed E-state index contributed by atoms with van der Waals surface area (Å²) in [6, 6.07) is 47.0. The van der Waals surface area contributed by atoms with Crippen LogP contribution in [-0.4, -0.2) is 4.98 Å². The highest BCUT2D eigenvalue weighted by atomic mass is 32.1. The van der Waals surface area contributed by atoms with E-state index in [0.29, 0.717) is 0 Å². The van der Waals surface area contributed by atoms with Gasteiger partial charge < -0.3 is 9.32 Å². The zero-order valence-electron chi connectivity index (χ0n) is 22.3. The largest absolute Gasteiger partial charge is 0.456 e. The van der Waals surface area contributed by atoms with Crippen LogP contribution in [0.25, 0.3) is 62.9 Å². The van der Waals surface area contributed by atoms with Gasteiger partial charge in [-0.1, -0.05) is 72.8 Å². The van der Waals surface area contributed by atoms with Gasteiger partial charge in [0.15, 0.2) is 0 Å². The Morgan fingerprint density at radius 2 is 1.24 bits per heavy atom. The number of nitrogens with zero attached hydrogens (tertiary/aromatic N) is 2. The average Bonchev–Trinajstić information content (AvgIpc) is 3.74. The molecule has 0 bridgehead atoms. The van der Waals surface area contributed by atoms with Crippen LogP contribution in [-0.2, 0) is 0 Å². The first-order chi connectivity index (χ1) is 20.8. The monoisotopic (exact) mass is 574 g/mol. The van der Waals surface area contributed by atoms with Crippen molar-refractivity contribution in [1.82, 2.24) is 4.98 Å². The summed E-state index contributed by atoms with van der Waals surface area (Å²) in [6.07, 6.45) is 0. The van der Waals surface area contributed by atoms with Crippen molar-refractivity contribution in [2.24, 2.45) is 0 Å². The molecule has 3 aromatic heterocycles. The second-order valence-electron chi connectivity index (χ2n) is 10.4. The van der Waals surface area contributed by atoms with E-state index in [1.54, 1.807) is 11.3 Å². The van der Waals surface area contributed by atoms with Crippen LogP contribution in [0.4, 0.5) is 17.1 Å². The number of para-hydroxylation sites is 2. The van der Waals surface area contributed by atoms with Crippen molar-refractivity contribution >= 4 is 92.1 Å². The third-order valence-corrected chi connectivity index (χ3v) is 10.1. The minimum Gasteiger partial charge on any atom is -0.456 e. The Morgan fingerprint density at radius 3 is 2.10 bits per heavy atom. The highest BCUT2D eigenvalue weighted by molar-refractivity contribution is 7.28. The number of furan rings is 1. The predicted octanol–water partition coefficient (Wildman–Crippen LogP) is 11.7. The first kappa shape index (κ1) is 23.7. The van der Waals surface area contributed by atoms with Crippen LogP contribution in [0.5, 0.6) is 0 Å². The molecule has 3 nitrogen and oxygen atoms in total. The van der Waals surface area contributed by atoms with E-state index in [2.05, 4.69) is 120 Å². The van der Waals surface area contributed by atoms with Gasteiger partial charge in [0.05, 0.1) is 10.2 Å². The first-order valence-electron chi connectivity index (χ1n) is 13.9. The van der Waals surface area contributed by atoms with Crippen LogP contribution in [0.15, 0.2) is 138 Å². The highest BCUT2D eigenvalue weighted by Gasteiger charge is 2.18. The summed E-state index contributed by atoms with van der Waals surface area (Å²) in [6.45, 7) is 0. The Labute approximate surface area is 249 Å². The molecule has 0 saturated heterocycles. The van der Waals surface area contributed by atoms with Gasteiger partial charge in [-0.15, -0.1) is 22.7 Å². The van der Waals surface area contributed by atoms with Crippen molar-refractivity contribution in [2.75, 3.05) is 4.90 Å². The third kappa shape index (κ3) is 3.68. The molecule has 0 fully saturated rings. The molecule has 0 aliphatic carbocycles. The maximum absolute atomic E-state index is 6.27. The molecule has 0 aliphatic rings. The maximum atomic E-state index is 6.27. The molecule has 198 valence electrons. The molecule has 0 aliphatic heterocycles. The van der Waals surface area contributed by atoms with Crippen LogP contribution in [0, 0.1) is 0 Å². The lowest BCUT2D eigenvalue weighted by molar-refractivity contribution is 0.669. The van der Waals surface area contributed by atoms with Crippen molar-refractivity contribution in [3.8, 4) is 10.6 Å². The number of hydrogen-bond donors (Lipinski definition) is 0. The fraction of sp³-hybridized carbons (Fsp3) is 0. The van der Waals surface area contributed by atoms with E-state index < -0.39 is 0 Å². The standard InChI is InChI=1S/C37H22N2OS2/c1-3-9-23(10-4-1)37-38-30-19-20-33-35(36(30)42-37)29-18-16-26(22-34(29)41-33)39(24-11-5-2-6-12-24)25-15-17-28-27-13-7-8-14-31(27)40-32(28)21-25/h1-22H. The second kappa shape index (κ2) is 9.28. The lowest BCUT2D eigenvalue weighted by Gasteiger charge is -2.25. The molecule has 0 unspecified atom stereocenters. The zero-order valence-corrected chi connectivity index (χ0v) is 24.0. The summed E-state index contributed by atoms with van der Waals surface area (Å²) < 4.78 is 10.1. The lowest BCUT2D eigenvalue weighted by atomic mass is 10.1. The Kier molecular flexibility index (Phi) is 5.24. The van der Waals surface area contributed by atoms with E-state index >= 15 is 0 Å². The Balaban J connectivity index is 1.22. The number of aromatic nitrogens is 1. The Bertz CT molecular complexity index is 2420. The number of rotatable bonds is 4. The number of anilines is 3. The smallest absolute Gasteiger partial charge is 0.137 e. The maximum Gasteiger partial charge on any atom is 0.137 e. The summed E-state index contributed by atoms with van der Waals surface area (Å²) in [5.41, 5.74) is 7.29. The van der Waals surface area contributed by atoms with E-state index in [1.807, 2.05) is 29.5 Å². The van der Waals surface area contributed by atoms with Crippen LogP contribution < -0.4 is 4.90 Å². The van der Waals surface area contributed by atoms with Crippen molar-refractivity contribution < 1.29 is 4.42 Å². The van der Waals surface area contributed by atoms with E-state index in [-0.39, 0.29) is 0 Å². The molecule has 42 heavy (non-hydrogen) atoms. The van der Waals surface area contributed by atoms with Gasteiger partial charge in [-0.2, -0.15) is 0 Å². The topological polar surface area (TPSA) is 29.3 Å². The average molecular weight is 575 g/mol. The minimum atomic E-state index is 0.888. The van der Waals surface area contributed by atoms with Gasteiger partial charge in [0, 0.05) is 59.6 Å². The number of thiazole rings is 1. The predicted molar refractivity (Wildman–Crippen MR) is 180 cm³/mol. The van der Waals surface area contributed by atoms with E-state index in [9.17, 15) is 0 Å². The fourth-order valence-corrected chi connectivity index (χ4v) is 8.30. The molecule has 0 amide bonds. The lowest BCUT2D eigenvalue weighted by Crippen LogP contribution is -2.09. The first-order valence-corrected chi connectivity index (χ1v) is 15.5. The van der Waals surface area contributed by atoms with E-state index in [0.717, 1.165) is 55.1 Å². The summed E-state index contributed by atoms with van der Waals surface area (Å²) >= 11 is 3.62. The van der Waals surface area contributed by atoms with Crippen molar-refractivity contribution in [2.45, 2.75) is 0 Å². The number of hydrogen-bond acceptors (Lipinski definition) is 5. The van der Waals surface area contributed by atoms with Gasteiger partial charge in [-0.05, 0) is 54.6 Å². The molecule has 0 atom stereocenters. The van der Waals surface area contributed by atoms with Gasteiger partial charge in [0.2, 0.25) is 0 Å². The molecule has 0 saturated carbocycles. The highest BCUT2D eigenvalue weighted by Crippen LogP contribution is 2.45. The van der Waals surface area contributed by atoms with E-state index in [1.165, 1.54) is 24.9 Å². The van der Waals surface area contributed by atoms with Gasteiger partial charge >= 0.3 is 0 Å². The molecule has 9 rings (SSSR count). The second-order valence-corrected chi connectivity index (χ2v) is 12.5.